The summed E-state index contributed by atoms with van der Waals surface area (Å²) in [7, 11) is 0. The molecule has 3 heteroatoms. The topological polar surface area (TPSA) is 55.1 Å². The molecule has 0 bridgehead atoms. The molecule has 1 aromatic rings. The van der Waals surface area contributed by atoms with Gasteiger partial charge in [0.1, 0.15) is 6.04 Å². The van der Waals surface area contributed by atoms with Crippen LogP contribution in [0.3, 0.4) is 0 Å². The number of anilines is 1. The summed E-state index contributed by atoms with van der Waals surface area (Å²) in [4.78, 5) is 11.3. The maximum atomic E-state index is 11.3. The third-order valence-corrected chi connectivity index (χ3v) is 2.43. The van der Waals surface area contributed by atoms with E-state index in [-0.39, 0.29) is 5.91 Å². The van der Waals surface area contributed by atoms with Gasteiger partial charge in [-0.25, -0.2) is 0 Å². The highest BCUT2D eigenvalue weighted by Crippen LogP contribution is 2.32. The number of carbonyl (C=O) groups is 1. The summed E-state index contributed by atoms with van der Waals surface area (Å²) in [6.45, 7) is 2.06. The van der Waals surface area contributed by atoms with Gasteiger partial charge in [-0.05, 0) is 12.0 Å². The van der Waals surface area contributed by atoms with E-state index in [0.29, 0.717) is 0 Å². The monoisotopic (exact) mass is 176 g/mol. The van der Waals surface area contributed by atoms with E-state index < -0.39 is 6.04 Å². The number of rotatable bonds is 1. The van der Waals surface area contributed by atoms with Crippen molar-refractivity contribution in [1.82, 2.24) is 0 Å². The molecule has 0 aromatic heterocycles. The Kier molecular flexibility index (Phi) is 1.81. The van der Waals surface area contributed by atoms with Crippen molar-refractivity contribution in [1.29, 1.82) is 0 Å². The van der Waals surface area contributed by atoms with Crippen LogP contribution < -0.4 is 11.1 Å². The van der Waals surface area contributed by atoms with Crippen LogP contribution in [-0.4, -0.2) is 5.91 Å². The van der Waals surface area contributed by atoms with Crippen molar-refractivity contribution < 1.29 is 4.79 Å². The second-order valence-electron chi connectivity index (χ2n) is 3.20. The van der Waals surface area contributed by atoms with Gasteiger partial charge in [0.25, 0.3) is 0 Å². The molecule has 1 aromatic carbocycles. The fraction of sp³-hybridized carbons (Fsp3) is 0.300. The molecule has 0 fully saturated rings. The van der Waals surface area contributed by atoms with Gasteiger partial charge in [-0.1, -0.05) is 25.1 Å². The van der Waals surface area contributed by atoms with Crippen LogP contribution in [0.4, 0.5) is 5.69 Å². The third-order valence-electron chi connectivity index (χ3n) is 2.43. The SMILES string of the molecule is CCc1cccc2c1NC(=O)[C@@H]2N. The van der Waals surface area contributed by atoms with Gasteiger partial charge in [0.15, 0.2) is 0 Å². The fourth-order valence-corrected chi connectivity index (χ4v) is 1.67. The second kappa shape index (κ2) is 2.85. The largest absolute Gasteiger partial charge is 0.324 e. The molecule has 0 spiro atoms. The van der Waals surface area contributed by atoms with E-state index >= 15 is 0 Å². The summed E-state index contributed by atoms with van der Waals surface area (Å²) in [5, 5.41) is 2.80. The smallest absolute Gasteiger partial charge is 0.245 e. The standard InChI is InChI=1S/C10H12N2O/c1-2-6-4-3-5-7-8(11)10(13)12-9(6)7/h3-5,8H,2,11H2,1H3,(H,12,13)/t8-/m1/s1. The van der Waals surface area contributed by atoms with Crippen LogP contribution in [0.1, 0.15) is 24.1 Å². The number of hydrogen-bond acceptors (Lipinski definition) is 2. The van der Waals surface area contributed by atoms with E-state index in [9.17, 15) is 4.79 Å². The highest BCUT2D eigenvalue weighted by atomic mass is 16.2. The predicted molar refractivity (Wildman–Crippen MR) is 51.4 cm³/mol. The summed E-state index contributed by atoms with van der Waals surface area (Å²) in [6, 6.07) is 5.37. The van der Waals surface area contributed by atoms with Gasteiger partial charge in [-0.15, -0.1) is 0 Å². The number of hydrogen-bond donors (Lipinski definition) is 2. The molecule has 1 aliphatic heterocycles. The maximum Gasteiger partial charge on any atom is 0.245 e. The predicted octanol–water partition coefficient (Wildman–Crippen LogP) is 1.20. The number of fused-ring (bicyclic) bond motifs is 1. The van der Waals surface area contributed by atoms with E-state index in [1.54, 1.807) is 0 Å². The molecular weight excluding hydrogens is 164 g/mol. The molecule has 2 rings (SSSR count). The first-order valence-electron chi connectivity index (χ1n) is 4.42. The van der Waals surface area contributed by atoms with Gasteiger partial charge >= 0.3 is 0 Å². The zero-order valence-corrected chi connectivity index (χ0v) is 7.50. The lowest BCUT2D eigenvalue weighted by atomic mass is 10.0. The molecule has 3 nitrogen and oxygen atoms in total. The fourth-order valence-electron chi connectivity index (χ4n) is 1.67. The maximum absolute atomic E-state index is 11.3. The molecule has 13 heavy (non-hydrogen) atoms. The van der Waals surface area contributed by atoms with E-state index in [0.717, 1.165) is 23.2 Å². The van der Waals surface area contributed by atoms with Crippen LogP contribution in [0.5, 0.6) is 0 Å². The van der Waals surface area contributed by atoms with E-state index in [4.69, 9.17) is 5.73 Å². The Morgan fingerprint density at radius 2 is 2.31 bits per heavy atom. The van der Waals surface area contributed by atoms with Gasteiger partial charge in [-0.2, -0.15) is 0 Å². The molecule has 0 radical (unpaired) electrons. The van der Waals surface area contributed by atoms with Gasteiger partial charge in [-0.3, -0.25) is 4.79 Å². The minimum atomic E-state index is -0.485. The van der Waals surface area contributed by atoms with Gasteiger partial charge in [0, 0.05) is 11.3 Å². The number of benzene rings is 1. The van der Waals surface area contributed by atoms with Crippen LogP contribution >= 0.6 is 0 Å². The first kappa shape index (κ1) is 8.26. The lowest BCUT2D eigenvalue weighted by Crippen LogP contribution is -2.19. The molecule has 68 valence electrons. The lowest BCUT2D eigenvalue weighted by Gasteiger charge is -2.04. The minimum absolute atomic E-state index is 0.101. The average Bonchev–Trinajstić information content (AvgIpc) is 2.43. The van der Waals surface area contributed by atoms with Crippen molar-refractivity contribution in [2.24, 2.45) is 5.73 Å². The Hall–Kier alpha value is -1.35. The van der Waals surface area contributed by atoms with Gasteiger partial charge in [0.05, 0.1) is 0 Å². The third kappa shape index (κ3) is 1.12. The second-order valence-corrected chi connectivity index (χ2v) is 3.20. The van der Waals surface area contributed by atoms with Crippen molar-refractivity contribution in [3.8, 4) is 0 Å². The Balaban J connectivity index is 2.55. The molecule has 0 saturated carbocycles. The van der Waals surface area contributed by atoms with E-state index in [1.165, 1.54) is 0 Å². The zero-order chi connectivity index (χ0) is 9.42. The number of carbonyl (C=O) groups excluding carboxylic acids is 1. The zero-order valence-electron chi connectivity index (χ0n) is 7.50. The molecular formula is C10H12N2O. The number of nitrogens with two attached hydrogens (primary N) is 1. The molecule has 1 atom stereocenters. The van der Waals surface area contributed by atoms with E-state index in [1.807, 2.05) is 18.2 Å². The Morgan fingerprint density at radius 1 is 1.54 bits per heavy atom. The van der Waals surface area contributed by atoms with Crippen LogP contribution in [-0.2, 0) is 11.2 Å². The molecule has 1 aliphatic rings. The van der Waals surface area contributed by atoms with Crippen molar-refractivity contribution in [3.05, 3.63) is 29.3 Å². The number of amides is 1. The first-order chi connectivity index (χ1) is 6.24. The quantitative estimate of drug-likeness (QED) is 0.675. The molecule has 0 saturated heterocycles. The van der Waals surface area contributed by atoms with Crippen molar-refractivity contribution in [3.63, 3.8) is 0 Å². The average molecular weight is 176 g/mol. The summed E-state index contributed by atoms with van der Waals surface area (Å²) in [5.41, 5.74) is 8.69. The summed E-state index contributed by atoms with van der Waals surface area (Å²) < 4.78 is 0. The van der Waals surface area contributed by atoms with Crippen LogP contribution in [0, 0.1) is 0 Å². The molecule has 1 amide bonds. The van der Waals surface area contributed by atoms with Gasteiger partial charge < -0.3 is 11.1 Å². The highest BCUT2D eigenvalue weighted by molar-refractivity contribution is 6.03. The van der Waals surface area contributed by atoms with Crippen molar-refractivity contribution in [2.75, 3.05) is 5.32 Å². The van der Waals surface area contributed by atoms with Crippen LogP contribution in [0.25, 0.3) is 0 Å². The molecule has 3 N–H and O–H groups in total. The summed E-state index contributed by atoms with van der Waals surface area (Å²) >= 11 is 0. The van der Waals surface area contributed by atoms with E-state index in [2.05, 4.69) is 12.2 Å². The van der Waals surface area contributed by atoms with Crippen molar-refractivity contribution in [2.45, 2.75) is 19.4 Å². The lowest BCUT2D eigenvalue weighted by molar-refractivity contribution is -0.116. The Labute approximate surface area is 76.9 Å². The number of para-hydroxylation sites is 1. The van der Waals surface area contributed by atoms with Crippen molar-refractivity contribution >= 4 is 11.6 Å². The first-order valence-corrected chi connectivity index (χ1v) is 4.42. The normalized spacial score (nSPS) is 19.8. The Morgan fingerprint density at radius 3 is 3.00 bits per heavy atom. The van der Waals surface area contributed by atoms with Crippen LogP contribution in [0.15, 0.2) is 18.2 Å². The minimum Gasteiger partial charge on any atom is -0.324 e. The van der Waals surface area contributed by atoms with Gasteiger partial charge in [0.2, 0.25) is 5.91 Å². The van der Waals surface area contributed by atoms with Crippen LogP contribution in [0.2, 0.25) is 0 Å². The summed E-state index contributed by atoms with van der Waals surface area (Å²) in [6.07, 6.45) is 0.913. The molecule has 0 aliphatic carbocycles. The molecule has 1 heterocycles. The number of nitrogens with one attached hydrogen (secondary N) is 1. The number of aryl methyl sites for hydroxylation is 1. The Bertz CT molecular complexity index is 360. The highest BCUT2D eigenvalue weighted by Gasteiger charge is 2.27. The molecule has 0 unspecified atom stereocenters. The summed E-state index contributed by atoms with van der Waals surface area (Å²) in [5.74, 6) is -0.101.